The van der Waals surface area contributed by atoms with Crippen molar-refractivity contribution in [1.82, 2.24) is 0 Å². The van der Waals surface area contributed by atoms with Crippen LogP contribution in [0.25, 0.3) is 0 Å². The molecule has 1 aromatic carbocycles. The monoisotopic (exact) mass is 250 g/mol. The molecule has 1 aromatic rings. The third kappa shape index (κ3) is 5.40. The lowest BCUT2D eigenvalue weighted by Gasteiger charge is -2.06. The SMILES string of the molecule is CCCCC(=O)CSc1ccc(C(C)C)cc1. The first-order valence-electron chi connectivity index (χ1n) is 6.38. The average Bonchev–Trinajstić information content (AvgIpc) is 2.34. The Hall–Kier alpha value is -0.760. The number of hydrogen-bond acceptors (Lipinski definition) is 2. The van der Waals surface area contributed by atoms with Crippen molar-refractivity contribution >= 4 is 17.5 Å². The molecule has 94 valence electrons. The van der Waals surface area contributed by atoms with Crippen molar-refractivity contribution in [1.29, 1.82) is 0 Å². The Balaban J connectivity index is 2.39. The zero-order valence-corrected chi connectivity index (χ0v) is 11.8. The standard InChI is InChI=1S/C15H22OS/c1-4-5-6-14(16)11-17-15-9-7-13(8-10-15)12(2)3/h7-10,12H,4-6,11H2,1-3H3. The fourth-order valence-corrected chi connectivity index (χ4v) is 2.36. The molecule has 0 aliphatic heterocycles. The van der Waals surface area contributed by atoms with E-state index in [1.807, 2.05) is 0 Å². The Morgan fingerprint density at radius 3 is 2.41 bits per heavy atom. The molecular formula is C15H22OS. The minimum Gasteiger partial charge on any atom is -0.299 e. The van der Waals surface area contributed by atoms with Crippen molar-refractivity contribution in [2.24, 2.45) is 0 Å². The van der Waals surface area contributed by atoms with E-state index in [0.717, 1.165) is 19.3 Å². The van der Waals surface area contributed by atoms with Gasteiger partial charge in [0.05, 0.1) is 5.75 Å². The molecule has 0 saturated heterocycles. The second-order valence-electron chi connectivity index (χ2n) is 4.65. The number of benzene rings is 1. The second kappa shape index (κ2) is 7.54. The summed E-state index contributed by atoms with van der Waals surface area (Å²) < 4.78 is 0. The van der Waals surface area contributed by atoms with Gasteiger partial charge in [-0.1, -0.05) is 39.3 Å². The Kier molecular flexibility index (Phi) is 6.35. The zero-order valence-electron chi connectivity index (χ0n) is 11.0. The third-order valence-corrected chi connectivity index (χ3v) is 3.83. The maximum Gasteiger partial charge on any atom is 0.143 e. The number of ketones is 1. The van der Waals surface area contributed by atoms with Gasteiger partial charge < -0.3 is 0 Å². The summed E-state index contributed by atoms with van der Waals surface area (Å²) in [5.41, 5.74) is 1.35. The van der Waals surface area contributed by atoms with Crippen LogP contribution in [0.3, 0.4) is 0 Å². The number of carbonyl (C=O) groups is 1. The number of rotatable bonds is 7. The molecule has 0 spiro atoms. The first kappa shape index (κ1) is 14.3. The van der Waals surface area contributed by atoms with E-state index >= 15 is 0 Å². The van der Waals surface area contributed by atoms with Crippen molar-refractivity contribution in [3.63, 3.8) is 0 Å². The van der Waals surface area contributed by atoms with Crippen LogP contribution in [-0.2, 0) is 4.79 Å². The van der Waals surface area contributed by atoms with Gasteiger partial charge in [-0.15, -0.1) is 11.8 Å². The van der Waals surface area contributed by atoms with Crippen LogP contribution in [-0.4, -0.2) is 11.5 Å². The molecule has 2 heteroatoms. The Morgan fingerprint density at radius 2 is 1.88 bits per heavy atom. The van der Waals surface area contributed by atoms with Crippen LogP contribution in [0.4, 0.5) is 0 Å². The predicted molar refractivity (Wildman–Crippen MR) is 75.8 cm³/mol. The predicted octanol–water partition coefficient (Wildman–Crippen LogP) is 4.66. The van der Waals surface area contributed by atoms with Crippen LogP contribution < -0.4 is 0 Å². The van der Waals surface area contributed by atoms with E-state index in [9.17, 15) is 4.79 Å². The highest BCUT2D eigenvalue weighted by Gasteiger charge is 2.03. The molecule has 0 amide bonds. The van der Waals surface area contributed by atoms with Crippen LogP contribution in [0.15, 0.2) is 29.2 Å². The lowest BCUT2D eigenvalue weighted by Crippen LogP contribution is -2.00. The van der Waals surface area contributed by atoms with E-state index in [-0.39, 0.29) is 0 Å². The molecule has 0 radical (unpaired) electrons. The van der Waals surface area contributed by atoms with Gasteiger partial charge in [-0.05, 0) is 30.0 Å². The van der Waals surface area contributed by atoms with Crippen LogP contribution in [0.2, 0.25) is 0 Å². The number of carbonyl (C=O) groups excluding carboxylic acids is 1. The Bertz CT molecular complexity index is 340. The summed E-state index contributed by atoms with van der Waals surface area (Å²) in [5, 5.41) is 0. The minimum atomic E-state index is 0.366. The van der Waals surface area contributed by atoms with Gasteiger partial charge in [0.25, 0.3) is 0 Å². The molecule has 0 bridgehead atoms. The molecule has 1 rings (SSSR count). The van der Waals surface area contributed by atoms with Gasteiger partial charge in [-0.2, -0.15) is 0 Å². The summed E-state index contributed by atoms with van der Waals surface area (Å²) in [5.74, 6) is 1.55. The van der Waals surface area contributed by atoms with Gasteiger partial charge in [0.2, 0.25) is 0 Å². The van der Waals surface area contributed by atoms with Crippen molar-refractivity contribution in [2.75, 3.05) is 5.75 Å². The summed E-state index contributed by atoms with van der Waals surface area (Å²) in [6, 6.07) is 8.55. The summed E-state index contributed by atoms with van der Waals surface area (Å²) >= 11 is 1.65. The Labute approximate surface area is 109 Å². The number of thioether (sulfide) groups is 1. The minimum absolute atomic E-state index is 0.366. The lowest BCUT2D eigenvalue weighted by atomic mass is 10.0. The van der Waals surface area contributed by atoms with Crippen LogP contribution in [0.1, 0.15) is 51.5 Å². The largest absolute Gasteiger partial charge is 0.299 e. The zero-order chi connectivity index (χ0) is 12.7. The van der Waals surface area contributed by atoms with Crippen LogP contribution >= 0.6 is 11.8 Å². The summed E-state index contributed by atoms with van der Waals surface area (Å²) in [6.45, 7) is 6.50. The summed E-state index contributed by atoms with van der Waals surface area (Å²) in [4.78, 5) is 12.7. The molecule has 0 saturated carbocycles. The third-order valence-electron chi connectivity index (χ3n) is 2.76. The average molecular weight is 250 g/mol. The number of unbranched alkanes of at least 4 members (excludes halogenated alkanes) is 1. The van der Waals surface area contributed by atoms with Gasteiger partial charge in [0.1, 0.15) is 5.78 Å². The summed E-state index contributed by atoms with van der Waals surface area (Å²) in [7, 11) is 0. The smallest absolute Gasteiger partial charge is 0.143 e. The Morgan fingerprint density at radius 1 is 1.24 bits per heavy atom. The summed E-state index contributed by atoms with van der Waals surface area (Å²) in [6.07, 6.45) is 2.85. The van der Waals surface area contributed by atoms with Crippen molar-refractivity contribution in [2.45, 2.75) is 50.8 Å². The van der Waals surface area contributed by atoms with E-state index in [0.29, 0.717) is 17.5 Å². The highest BCUT2D eigenvalue weighted by molar-refractivity contribution is 8.00. The fourth-order valence-electron chi connectivity index (χ4n) is 1.56. The molecule has 0 aliphatic rings. The second-order valence-corrected chi connectivity index (χ2v) is 5.70. The molecule has 0 heterocycles. The van der Waals surface area contributed by atoms with Crippen molar-refractivity contribution in [3.05, 3.63) is 29.8 Å². The molecule has 0 unspecified atom stereocenters. The molecule has 1 nitrogen and oxygen atoms in total. The quantitative estimate of drug-likeness (QED) is 0.655. The van der Waals surface area contributed by atoms with Gasteiger partial charge in [-0.25, -0.2) is 0 Å². The van der Waals surface area contributed by atoms with Crippen LogP contribution in [0, 0.1) is 0 Å². The van der Waals surface area contributed by atoms with Gasteiger partial charge in [0.15, 0.2) is 0 Å². The number of hydrogen-bond donors (Lipinski definition) is 0. The fraction of sp³-hybridized carbons (Fsp3) is 0.533. The van der Waals surface area contributed by atoms with Crippen LogP contribution in [0.5, 0.6) is 0 Å². The molecule has 0 aliphatic carbocycles. The highest BCUT2D eigenvalue weighted by Crippen LogP contribution is 2.22. The maximum absolute atomic E-state index is 11.5. The lowest BCUT2D eigenvalue weighted by molar-refractivity contribution is -0.116. The van der Waals surface area contributed by atoms with E-state index in [1.165, 1.54) is 10.5 Å². The molecule has 17 heavy (non-hydrogen) atoms. The topological polar surface area (TPSA) is 17.1 Å². The molecular weight excluding hydrogens is 228 g/mol. The van der Waals surface area contributed by atoms with Crippen molar-refractivity contribution < 1.29 is 4.79 Å². The van der Waals surface area contributed by atoms with E-state index < -0.39 is 0 Å². The van der Waals surface area contributed by atoms with Crippen molar-refractivity contribution in [3.8, 4) is 0 Å². The normalized spacial score (nSPS) is 10.8. The van der Waals surface area contributed by atoms with Gasteiger partial charge in [0, 0.05) is 11.3 Å². The van der Waals surface area contributed by atoms with Gasteiger partial charge in [-0.3, -0.25) is 4.79 Å². The molecule has 0 N–H and O–H groups in total. The first-order valence-corrected chi connectivity index (χ1v) is 7.36. The maximum atomic E-state index is 11.5. The molecule has 0 aromatic heterocycles. The molecule has 0 fully saturated rings. The van der Waals surface area contributed by atoms with E-state index in [1.54, 1.807) is 11.8 Å². The van der Waals surface area contributed by atoms with E-state index in [4.69, 9.17) is 0 Å². The number of Topliss-reactive ketones (excluding diaryl/α,β-unsaturated/α-hetero) is 1. The van der Waals surface area contributed by atoms with Gasteiger partial charge >= 0.3 is 0 Å². The van der Waals surface area contributed by atoms with E-state index in [2.05, 4.69) is 45.0 Å². The first-order chi connectivity index (χ1) is 8.13. The molecule has 0 atom stereocenters. The highest BCUT2D eigenvalue weighted by atomic mass is 32.2.